The van der Waals surface area contributed by atoms with E-state index in [9.17, 15) is 4.79 Å². The highest BCUT2D eigenvalue weighted by atomic mass is 16.5. The van der Waals surface area contributed by atoms with Crippen LogP contribution in [-0.2, 0) is 4.74 Å². The Morgan fingerprint density at radius 2 is 2.12 bits per heavy atom. The monoisotopic (exact) mass is 331 g/mol. The van der Waals surface area contributed by atoms with E-state index in [1.54, 1.807) is 12.0 Å². The standard InChI is InChI=1S/C16H21N5O3/c1-8-13(24-15(17-8)10-4-5-10)16(22)21-7-11(23-3)6-12(21)14-18-9(2)19-20-14/h10-12H,4-7H2,1-3H3,(H,18,19,20)/t11-,12+/m1/s1. The molecule has 24 heavy (non-hydrogen) atoms. The highest BCUT2D eigenvalue weighted by Crippen LogP contribution is 2.41. The second-order valence-electron chi connectivity index (χ2n) is 6.59. The van der Waals surface area contributed by atoms with E-state index in [1.165, 1.54) is 0 Å². The lowest BCUT2D eigenvalue weighted by Gasteiger charge is -2.21. The number of likely N-dealkylation sites (tertiary alicyclic amines) is 1. The molecule has 0 aromatic carbocycles. The Hall–Kier alpha value is -2.22. The maximum Gasteiger partial charge on any atom is 0.292 e. The Kier molecular flexibility index (Phi) is 3.64. The zero-order chi connectivity index (χ0) is 16.8. The van der Waals surface area contributed by atoms with Gasteiger partial charge in [-0.3, -0.25) is 9.89 Å². The van der Waals surface area contributed by atoms with Gasteiger partial charge in [-0.2, -0.15) is 5.10 Å². The molecule has 0 spiro atoms. The molecule has 4 rings (SSSR count). The van der Waals surface area contributed by atoms with E-state index in [2.05, 4.69) is 20.2 Å². The second kappa shape index (κ2) is 5.70. The van der Waals surface area contributed by atoms with Crippen molar-refractivity contribution in [2.75, 3.05) is 13.7 Å². The van der Waals surface area contributed by atoms with Crippen LogP contribution in [0.3, 0.4) is 0 Å². The van der Waals surface area contributed by atoms with Gasteiger partial charge in [0.1, 0.15) is 5.82 Å². The first kappa shape index (κ1) is 15.3. The van der Waals surface area contributed by atoms with Crippen molar-refractivity contribution in [3.8, 4) is 0 Å². The first-order valence-electron chi connectivity index (χ1n) is 8.26. The Labute approximate surface area is 139 Å². The molecule has 2 fully saturated rings. The number of aryl methyl sites for hydroxylation is 2. The number of oxazole rings is 1. The zero-order valence-electron chi connectivity index (χ0n) is 14.1. The van der Waals surface area contributed by atoms with Gasteiger partial charge in [0.25, 0.3) is 5.91 Å². The summed E-state index contributed by atoms with van der Waals surface area (Å²) in [4.78, 5) is 23.6. The summed E-state index contributed by atoms with van der Waals surface area (Å²) in [7, 11) is 1.66. The molecule has 1 aliphatic heterocycles. The molecule has 128 valence electrons. The smallest absolute Gasteiger partial charge is 0.292 e. The van der Waals surface area contributed by atoms with E-state index in [4.69, 9.17) is 9.15 Å². The summed E-state index contributed by atoms with van der Waals surface area (Å²) >= 11 is 0. The van der Waals surface area contributed by atoms with Crippen molar-refractivity contribution < 1.29 is 13.9 Å². The molecule has 8 heteroatoms. The lowest BCUT2D eigenvalue weighted by atomic mass is 10.2. The van der Waals surface area contributed by atoms with Gasteiger partial charge in [-0.15, -0.1) is 0 Å². The van der Waals surface area contributed by atoms with Crippen LogP contribution in [0.1, 0.15) is 65.0 Å². The maximum absolute atomic E-state index is 13.0. The largest absolute Gasteiger partial charge is 0.435 e. The van der Waals surface area contributed by atoms with Crippen molar-refractivity contribution in [1.82, 2.24) is 25.1 Å². The average molecular weight is 331 g/mol. The number of rotatable bonds is 4. The number of nitrogens with one attached hydrogen (secondary N) is 1. The number of aromatic nitrogens is 4. The molecule has 3 heterocycles. The Morgan fingerprint density at radius 1 is 1.33 bits per heavy atom. The summed E-state index contributed by atoms with van der Waals surface area (Å²) < 4.78 is 11.2. The number of H-pyrrole nitrogens is 1. The molecule has 1 aliphatic carbocycles. The average Bonchev–Trinajstić information content (AvgIpc) is 3.01. The summed E-state index contributed by atoms with van der Waals surface area (Å²) in [5.74, 6) is 2.56. The minimum Gasteiger partial charge on any atom is -0.435 e. The molecule has 2 aromatic heterocycles. The van der Waals surface area contributed by atoms with Crippen LogP contribution >= 0.6 is 0 Å². The minimum atomic E-state index is -0.221. The van der Waals surface area contributed by atoms with E-state index in [1.807, 2.05) is 13.8 Å². The predicted octanol–water partition coefficient (Wildman–Crippen LogP) is 1.89. The van der Waals surface area contributed by atoms with Crippen molar-refractivity contribution in [2.24, 2.45) is 0 Å². The summed E-state index contributed by atoms with van der Waals surface area (Å²) in [5.41, 5.74) is 0.646. The zero-order valence-corrected chi connectivity index (χ0v) is 14.1. The minimum absolute atomic E-state index is 0.0381. The molecule has 1 N–H and O–H groups in total. The van der Waals surface area contributed by atoms with Crippen LogP contribution in [0.5, 0.6) is 0 Å². The number of ether oxygens (including phenoxy) is 1. The van der Waals surface area contributed by atoms with Gasteiger partial charge in [0.15, 0.2) is 11.7 Å². The number of amides is 1. The molecule has 0 bridgehead atoms. The van der Waals surface area contributed by atoms with Gasteiger partial charge in [-0.25, -0.2) is 9.97 Å². The fourth-order valence-corrected chi connectivity index (χ4v) is 3.20. The molecule has 2 aromatic rings. The van der Waals surface area contributed by atoms with E-state index >= 15 is 0 Å². The fourth-order valence-electron chi connectivity index (χ4n) is 3.20. The highest BCUT2D eigenvalue weighted by Gasteiger charge is 2.41. The molecular formula is C16H21N5O3. The third-order valence-corrected chi connectivity index (χ3v) is 4.70. The van der Waals surface area contributed by atoms with Crippen LogP contribution in [0.2, 0.25) is 0 Å². The molecular weight excluding hydrogens is 310 g/mol. The molecule has 2 aliphatic rings. The number of methoxy groups -OCH3 is 1. The van der Waals surface area contributed by atoms with Gasteiger partial charge < -0.3 is 14.1 Å². The third-order valence-electron chi connectivity index (χ3n) is 4.70. The van der Waals surface area contributed by atoms with Crippen molar-refractivity contribution >= 4 is 5.91 Å². The lowest BCUT2D eigenvalue weighted by Crippen LogP contribution is -2.32. The first-order valence-corrected chi connectivity index (χ1v) is 8.26. The summed E-state index contributed by atoms with van der Waals surface area (Å²) in [6.07, 6.45) is 2.80. The Morgan fingerprint density at radius 3 is 2.75 bits per heavy atom. The number of hydrogen-bond acceptors (Lipinski definition) is 6. The highest BCUT2D eigenvalue weighted by molar-refractivity contribution is 5.93. The van der Waals surface area contributed by atoms with Gasteiger partial charge >= 0.3 is 0 Å². The molecule has 1 saturated carbocycles. The van der Waals surface area contributed by atoms with E-state index in [0.717, 1.165) is 18.7 Å². The maximum atomic E-state index is 13.0. The van der Waals surface area contributed by atoms with E-state index < -0.39 is 0 Å². The van der Waals surface area contributed by atoms with Gasteiger partial charge in [-0.1, -0.05) is 0 Å². The lowest BCUT2D eigenvalue weighted by molar-refractivity contribution is 0.0651. The normalized spacial score (nSPS) is 23.9. The Bertz CT molecular complexity index is 764. The molecule has 0 unspecified atom stereocenters. The summed E-state index contributed by atoms with van der Waals surface area (Å²) in [6, 6.07) is -0.221. The fraction of sp³-hybridized carbons (Fsp3) is 0.625. The predicted molar refractivity (Wildman–Crippen MR) is 83.5 cm³/mol. The molecule has 0 radical (unpaired) electrons. The quantitative estimate of drug-likeness (QED) is 0.919. The van der Waals surface area contributed by atoms with Gasteiger partial charge in [0.05, 0.1) is 17.8 Å². The molecule has 1 amide bonds. The van der Waals surface area contributed by atoms with Crippen LogP contribution in [0.4, 0.5) is 0 Å². The van der Waals surface area contributed by atoms with Crippen LogP contribution in [0, 0.1) is 13.8 Å². The number of aromatic amines is 1. The summed E-state index contributed by atoms with van der Waals surface area (Å²) in [6.45, 7) is 4.15. The number of nitrogens with zero attached hydrogens (tertiary/aromatic N) is 4. The molecule has 1 saturated heterocycles. The SMILES string of the molecule is CO[C@@H]1C[C@@H](c2n[nH]c(C)n2)N(C(=O)c2oc(C3CC3)nc2C)C1. The van der Waals surface area contributed by atoms with Gasteiger partial charge in [0.2, 0.25) is 5.76 Å². The topological polar surface area (TPSA) is 97.1 Å². The number of hydrogen-bond donors (Lipinski definition) is 1. The third kappa shape index (κ3) is 2.60. The Balaban J connectivity index is 1.63. The second-order valence-corrected chi connectivity index (χ2v) is 6.59. The van der Waals surface area contributed by atoms with E-state index in [0.29, 0.717) is 42.1 Å². The van der Waals surface area contributed by atoms with Crippen molar-refractivity contribution in [3.05, 3.63) is 29.0 Å². The molecule has 8 nitrogen and oxygen atoms in total. The number of carbonyl (C=O) groups is 1. The number of carbonyl (C=O) groups excluding carboxylic acids is 1. The van der Waals surface area contributed by atoms with Crippen LogP contribution < -0.4 is 0 Å². The summed E-state index contributed by atoms with van der Waals surface area (Å²) in [5, 5.41) is 7.07. The first-order chi connectivity index (χ1) is 11.6. The van der Waals surface area contributed by atoms with Gasteiger partial charge in [0, 0.05) is 26.0 Å². The van der Waals surface area contributed by atoms with Crippen LogP contribution in [0.25, 0.3) is 0 Å². The van der Waals surface area contributed by atoms with Crippen molar-refractivity contribution in [2.45, 2.75) is 51.2 Å². The van der Waals surface area contributed by atoms with Crippen molar-refractivity contribution in [1.29, 1.82) is 0 Å². The van der Waals surface area contributed by atoms with Gasteiger partial charge in [-0.05, 0) is 26.7 Å². The van der Waals surface area contributed by atoms with Crippen LogP contribution in [0.15, 0.2) is 4.42 Å². The molecule has 2 atom stereocenters. The van der Waals surface area contributed by atoms with Crippen LogP contribution in [-0.4, -0.2) is 50.7 Å². The van der Waals surface area contributed by atoms with Crippen molar-refractivity contribution in [3.63, 3.8) is 0 Å². The van der Waals surface area contributed by atoms with E-state index in [-0.39, 0.29) is 18.1 Å².